The molecule has 0 amide bonds. The topological polar surface area (TPSA) is 93.6 Å². The van der Waals surface area contributed by atoms with Crippen molar-refractivity contribution in [3.63, 3.8) is 0 Å². The molecule has 0 saturated heterocycles. The Morgan fingerprint density at radius 2 is 2.13 bits per heavy atom. The van der Waals surface area contributed by atoms with Gasteiger partial charge in [-0.15, -0.1) is 0 Å². The molecule has 0 bridgehead atoms. The molecular weight excluding hydrogens is 322 g/mol. The summed E-state index contributed by atoms with van der Waals surface area (Å²) < 4.78 is 10.7. The predicted molar refractivity (Wildman–Crippen MR) is 85.5 cm³/mol. The molecular formula is C15H16ClN3O4. The maximum atomic E-state index is 10.7. The molecule has 1 aromatic heterocycles. The monoisotopic (exact) mass is 337 g/mol. The molecule has 0 saturated carbocycles. The van der Waals surface area contributed by atoms with Gasteiger partial charge in [-0.05, 0) is 24.6 Å². The van der Waals surface area contributed by atoms with Gasteiger partial charge in [-0.2, -0.15) is 0 Å². The van der Waals surface area contributed by atoms with Crippen molar-refractivity contribution < 1.29 is 19.4 Å². The second-order valence-electron chi connectivity index (χ2n) is 4.49. The zero-order valence-electron chi connectivity index (χ0n) is 12.7. The predicted octanol–water partition coefficient (Wildman–Crippen LogP) is 2.85. The fourth-order valence-corrected chi connectivity index (χ4v) is 2.17. The first kappa shape index (κ1) is 16.8. The molecule has 1 aromatic carbocycles. The van der Waals surface area contributed by atoms with E-state index in [0.717, 1.165) is 5.56 Å². The number of carboxylic acids is 1. The Morgan fingerprint density at radius 3 is 2.70 bits per heavy atom. The summed E-state index contributed by atoms with van der Waals surface area (Å²) in [6, 6.07) is 3.57. The van der Waals surface area contributed by atoms with Gasteiger partial charge >= 0.3 is 5.97 Å². The number of aromatic nitrogens is 2. The molecule has 0 unspecified atom stereocenters. The Morgan fingerprint density at radius 1 is 1.35 bits per heavy atom. The van der Waals surface area contributed by atoms with Gasteiger partial charge in [0.2, 0.25) is 0 Å². The quantitative estimate of drug-likeness (QED) is 0.802. The lowest BCUT2D eigenvalue weighted by atomic mass is 10.2. The number of methoxy groups -OCH3 is 1. The van der Waals surface area contributed by atoms with E-state index in [4.69, 9.17) is 26.2 Å². The van der Waals surface area contributed by atoms with Gasteiger partial charge in [0.15, 0.2) is 17.2 Å². The zero-order valence-corrected chi connectivity index (χ0v) is 13.4. The molecule has 0 aliphatic rings. The van der Waals surface area contributed by atoms with E-state index in [2.05, 4.69) is 15.3 Å². The zero-order chi connectivity index (χ0) is 16.8. The SMILES string of the molecule is CCOc1c(Cl)cc(CNc2cnc(C(=O)O)cn2)cc1OC. The second-order valence-corrected chi connectivity index (χ2v) is 4.89. The van der Waals surface area contributed by atoms with Gasteiger partial charge < -0.3 is 19.9 Å². The molecule has 2 aromatic rings. The summed E-state index contributed by atoms with van der Waals surface area (Å²) in [7, 11) is 1.54. The van der Waals surface area contributed by atoms with Crippen LogP contribution in [-0.4, -0.2) is 34.8 Å². The number of nitrogens with one attached hydrogen (secondary N) is 1. The van der Waals surface area contributed by atoms with Crippen molar-refractivity contribution in [2.45, 2.75) is 13.5 Å². The van der Waals surface area contributed by atoms with E-state index in [1.807, 2.05) is 13.0 Å². The van der Waals surface area contributed by atoms with Crippen molar-refractivity contribution in [2.75, 3.05) is 19.0 Å². The lowest BCUT2D eigenvalue weighted by molar-refractivity contribution is 0.0690. The third-order valence-corrected chi connectivity index (χ3v) is 3.20. The van der Waals surface area contributed by atoms with Gasteiger partial charge in [0, 0.05) is 6.54 Å². The molecule has 2 rings (SSSR count). The highest BCUT2D eigenvalue weighted by Crippen LogP contribution is 2.36. The van der Waals surface area contributed by atoms with Crippen molar-refractivity contribution >= 4 is 23.4 Å². The van der Waals surface area contributed by atoms with E-state index in [0.29, 0.717) is 35.5 Å². The lowest BCUT2D eigenvalue weighted by Crippen LogP contribution is -2.06. The van der Waals surface area contributed by atoms with Crippen LogP contribution in [0.25, 0.3) is 0 Å². The fraction of sp³-hybridized carbons (Fsp3) is 0.267. The molecule has 2 N–H and O–H groups in total. The molecule has 0 radical (unpaired) electrons. The number of ether oxygens (including phenoxy) is 2. The van der Waals surface area contributed by atoms with Crippen LogP contribution >= 0.6 is 11.6 Å². The average molecular weight is 338 g/mol. The van der Waals surface area contributed by atoms with Gasteiger partial charge in [-0.3, -0.25) is 0 Å². The third kappa shape index (κ3) is 4.23. The molecule has 0 atom stereocenters. The number of carbonyl (C=O) groups is 1. The van der Waals surface area contributed by atoms with E-state index < -0.39 is 5.97 Å². The highest BCUT2D eigenvalue weighted by atomic mass is 35.5. The van der Waals surface area contributed by atoms with Crippen LogP contribution in [0.3, 0.4) is 0 Å². The summed E-state index contributed by atoms with van der Waals surface area (Å²) >= 11 is 6.20. The van der Waals surface area contributed by atoms with Gasteiger partial charge in [-0.25, -0.2) is 14.8 Å². The fourth-order valence-electron chi connectivity index (χ4n) is 1.88. The standard InChI is InChI=1S/C15H16ClN3O4/c1-3-23-14-10(16)4-9(5-12(14)22-2)6-18-13-8-17-11(7-19-13)15(20)21/h4-5,7-8H,3,6H2,1-2H3,(H,18,19)(H,20,21). The molecule has 23 heavy (non-hydrogen) atoms. The van der Waals surface area contributed by atoms with Crippen molar-refractivity contribution in [2.24, 2.45) is 0 Å². The largest absolute Gasteiger partial charge is 0.493 e. The summed E-state index contributed by atoms with van der Waals surface area (Å²) in [4.78, 5) is 18.5. The van der Waals surface area contributed by atoms with Crippen LogP contribution < -0.4 is 14.8 Å². The van der Waals surface area contributed by atoms with Crippen LogP contribution in [0.4, 0.5) is 5.82 Å². The van der Waals surface area contributed by atoms with E-state index in [9.17, 15) is 4.79 Å². The summed E-state index contributed by atoms with van der Waals surface area (Å²) in [6.07, 6.45) is 2.55. The normalized spacial score (nSPS) is 10.2. The van der Waals surface area contributed by atoms with Crippen LogP contribution in [-0.2, 0) is 6.54 Å². The summed E-state index contributed by atoms with van der Waals surface area (Å²) in [5.74, 6) is 0.389. The van der Waals surface area contributed by atoms with Crippen LogP contribution in [0.2, 0.25) is 5.02 Å². The van der Waals surface area contributed by atoms with E-state index in [-0.39, 0.29) is 5.69 Å². The van der Waals surface area contributed by atoms with Gasteiger partial charge in [0.25, 0.3) is 0 Å². The first-order valence-corrected chi connectivity index (χ1v) is 7.21. The van der Waals surface area contributed by atoms with Crippen LogP contribution in [0.15, 0.2) is 24.5 Å². The summed E-state index contributed by atoms with van der Waals surface area (Å²) in [5.41, 5.74) is 0.751. The smallest absolute Gasteiger partial charge is 0.356 e. The second kappa shape index (κ2) is 7.64. The van der Waals surface area contributed by atoms with Crippen LogP contribution in [0.1, 0.15) is 23.0 Å². The number of hydrogen-bond acceptors (Lipinski definition) is 6. The molecule has 0 aliphatic carbocycles. The number of rotatable bonds is 7. The molecule has 0 spiro atoms. The molecule has 1 heterocycles. The third-order valence-electron chi connectivity index (χ3n) is 2.92. The number of aromatic carboxylic acids is 1. The van der Waals surface area contributed by atoms with Crippen LogP contribution in [0, 0.1) is 0 Å². The number of benzene rings is 1. The van der Waals surface area contributed by atoms with Crippen molar-refractivity contribution in [1.82, 2.24) is 9.97 Å². The summed E-state index contributed by atoms with van der Waals surface area (Å²) in [5, 5.41) is 12.3. The molecule has 0 aliphatic heterocycles. The molecule has 7 nitrogen and oxygen atoms in total. The Balaban J connectivity index is 2.11. The van der Waals surface area contributed by atoms with Crippen LogP contribution in [0.5, 0.6) is 11.5 Å². The Bertz CT molecular complexity index is 692. The number of anilines is 1. The minimum absolute atomic E-state index is 0.110. The Kier molecular flexibility index (Phi) is 5.59. The van der Waals surface area contributed by atoms with Gasteiger partial charge in [-0.1, -0.05) is 11.6 Å². The maximum Gasteiger partial charge on any atom is 0.356 e. The Hall–Kier alpha value is -2.54. The first-order valence-electron chi connectivity index (χ1n) is 6.83. The van der Waals surface area contributed by atoms with Gasteiger partial charge in [0.1, 0.15) is 5.82 Å². The summed E-state index contributed by atoms with van der Waals surface area (Å²) in [6.45, 7) is 2.77. The van der Waals surface area contributed by atoms with Crippen molar-refractivity contribution in [3.05, 3.63) is 40.8 Å². The minimum atomic E-state index is -1.12. The minimum Gasteiger partial charge on any atom is -0.493 e. The number of nitrogens with zero attached hydrogens (tertiary/aromatic N) is 2. The lowest BCUT2D eigenvalue weighted by Gasteiger charge is -2.13. The number of carboxylic acid groups (broad SMARTS) is 1. The van der Waals surface area contributed by atoms with Crippen molar-refractivity contribution in [1.29, 1.82) is 0 Å². The number of halogens is 1. The van der Waals surface area contributed by atoms with Gasteiger partial charge in [0.05, 0.1) is 31.1 Å². The maximum absolute atomic E-state index is 10.7. The average Bonchev–Trinajstić information content (AvgIpc) is 2.55. The molecule has 122 valence electrons. The Labute approximate surface area is 138 Å². The first-order chi connectivity index (χ1) is 11.0. The van der Waals surface area contributed by atoms with E-state index in [1.165, 1.54) is 12.4 Å². The highest BCUT2D eigenvalue weighted by molar-refractivity contribution is 6.32. The van der Waals surface area contributed by atoms with Crippen molar-refractivity contribution in [3.8, 4) is 11.5 Å². The molecule has 8 heteroatoms. The van der Waals surface area contributed by atoms with E-state index in [1.54, 1.807) is 13.2 Å². The number of hydrogen-bond donors (Lipinski definition) is 2. The van der Waals surface area contributed by atoms with E-state index >= 15 is 0 Å². The highest BCUT2D eigenvalue weighted by Gasteiger charge is 2.12. The molecule has 0 fully saturated rings.